The van der Waals surface area contributed by atoms with E-state index in [0.717, 1.165) is 0 Å². The van der Waals surface area contributed by atoms with Crippen molar-refractivity contribution in [2.75, 3.05) is 5.73 Å². The Hall–Kier alpha value is -1.39. The number of rotatable bonds is 1. The van der Waals surface area contributed by atoms with E-state index >= 15 is 0 Å². The first-order valence-electron chi connectivity index (χ1n) is 3.30. The number of nitrogens with one attached hydrogen (secondary N) is 1. The number of anilines is 1. The maximum atomic E-state index is 12.1. The standard InChI is InChI=1S/C7H8F2N2O/c1-3-2-4(10)7(12)11-5(3)6(8)9/h2,6H,10H2,1H3,(H,11,12). The maximum absolute atomic E-state index is 12.1. The van der Waals surface area contributed by atoms with Gasteiger partial charge in [-0.1, -0.05) is 0 Å². The zero-order chi connectivity index (χ0) is 9.30. The molecule has 12 heavy (non-hydrogen) atoms. The molecule has 0 saturated carbocycles. The average Bonchev–Trinajstić information content (AvgIpc) is 1.96. The molecular formula is C7H8F2N2O. The van der Waals surface area contributed by atoms with Crippen molar-refractivity contribution < 1.29 is 8.78 Å². The predicted octanol–water partition coefficient (Wildman–Crippen LogP) is 1.20. The van der Waals surface area contributed by atoms with Crippen LogP contribution in [0, 0.1) is 6.92 Å². The number of nitrogens with two attached hydrogens (primary N) is 1. The SMILES string of the molecule is Cc1cc(N)c(=O)[nH]c1C(F)F. The first kappa shape index (κ1) is 8.70. The van der Waals surface area contributed by atoms with Crippen LogP contribution in [0.2, 0.25) is 0 Å². The number of aromatic amines is 1. The molecule has 3 N–H and O–H groups in total. The molecule has 0 spiro atoms. The monoisotopic (exact) mass is 174 g/mol. The van der Waals surface area contributed by atoms with E-state index in [1.807, 2.05) is 4.98 Å². The van der Waals surface area contributed by atoms with Gasteiger partial charge in [0.1, 0.15) is 0 Å². The molecule has 0 aliphatic heterocycles. The van der Waals surface area contributed by atoms with Crippen LogP contribution < -0.4 is 11.3 Å². The Bertz CT molecular complexity index is 346. The highest BCUT2D eigenvalue weighted by atomic mass is 19.3. The first-order chi connectivity index (χ1) is 5.52. The summed E-state index contributed by atoms with van der Waals surface area (Å²) >= 11 is 0. The Morgan fingerprint density at radius 3 is 2.67 bits per heavy atom. The fourth-order valence-electron chi connectivity index (χ4n) is 0.896. The Morgan fingerprint density at radius 2 is 2.17 bits per heavy atom. The minimum Gasteiger partial charge on any atom is -0.394 e. The van der Waals surface area contributed by atoms with Crippen molar-refractivity contribution in [1.82, 2.24) is 4.98 Å². The summed E-state index contributed by atoms with van der Waals surface area (Å²) in [6.45, 7) is 1.47. The van der Waals surface area contributed by atoms with Gasteiger partial charge >= 0.3 is 0 Å². The van der Waals surface area contributed by atoms with Gasteiger partial charge in [0.25, 0.3) is 12.0 Å². The number of nitrogen functional groups attached to an aromatic ring is 1. The fourth-order valence-corrected chi connectivity index (χ4v) is 0.896. The van der Waals surface area contributed by atoms with Gasteiger partial charge in [0.2, 0.25) is 0 Å². The zero-order valence-corrected chi connectivity index (χ0v) is 6.40. The molecule has 1 aromatic heterocycles. The number of halogens is 2. The van der Waals surface area contributed by atoms with Crippen molar-refractivity contribution in [2.24, 2.45) is 0 Å². The highest BCUT2D eigenvalue weighted by Crippen LogP contribution is 2.19. The van der Waals surface area contributed by atoms with Crippen LogP contribution >= 0.6 is 0 Å². The van der Waals surface area contributed by atoms with E-state index in [0.29, 0.717) is 5.56 Å². The van der Waals surface area contributed by atoms with Gasteiger partial charge in [-0.15, -0.1) is 0 Å². The van der Waals surface area contributed by atoms with Crippen molar-refractivity contribution >= 4 is 5.69 Å². The minimum atomic E-state index is -2.67. The summed E-state index contributed by atoms with van der Waals surface area (Å²) < 4.78 is 24.3. The summed E-state index contributed by atoms with van der Waals surface area (Å²) in [6.07, 6.45) is -2.67. The van der Waals surface area contributed by atoms with Crippen LogP contribution in [0.5, 0.6) is 0 Å². The van der Waals surface area contributed by atoms with Crippen LogP contribution in [-0.2, 0) is 0 Å². The Balaban J connectivity index is 3.33. The molecule has 0 aliphatic carbocycles. The van der Waals surface area contributed by atoms with Gasteiger partial charge in [-0.05, 0) is 18.6 Å². The number of hydrogen-bond acceptors (Lipinski definition) is 2. The lowest BCUT2D eigenvalue weighted by atomic mass is 10.2. The molecule has 0 bridgehead atoms. The molecule has 1 heterocycles. The third-order valence-electron chi connectivity index (χ3n) is 1.53. The molecule has 5 heteroatoms. The van der Waals surface area contributed by atoms with Crippen LogP contribution in [0.1, 0.15) is 17.7 Å². The lowest BCUT2D eigenvalue weighted by Crippen LogP contribution is -2.15. The van der Waals surface area contributed by atoms with E-state index in [1.165, 1.54) is 13.0 Å². The Morgan fingerprint density at radius 1 is 1.58 bits per heavy atom. The topological polar surface area (TPSA) is 58.9 Å². The molecule has 0 fully saturated rings. The molecule has 1 rings (SSSR count). The number of aromatic nitrogens is 1. The number of pyridine rings is 1. The van der Waals surface area contributed by atoms with Crippen molar-refractivity contribution in [3.63, 3.8) is 0 Å². The first-order valence-corrected chi connectivity index (χ1v) is 3.30. The number of H-pyrrole nitrogens is 1. The zero-order valence-electron chi connectivity index (χ0n) is 6.40. The molecule has 0 unspecified atom stereocenters. The van der Waals surface area contributed by atoms with E-state index < -0.39 is 12.0 Å². The summed E-state index contributed by atoms with van der Waals surface area (Å²) in [5.41, 5.74) is 4.41. The summed E-state index contributed by atoms with van der Waals surface area (Å²) in [5, 5.41) is 0. The summed E-state index contributed by atoms with van der Waals surface area (Å²) in [6, 6.07) is 1.24. The van der Waals surface area contributed by atoms with Crippen LogP contribution in [-0.4, -0.2) is 4.98 Å². The molecule has 0 aliphatic rings. The molecule has 0 aromatic carbocycles. The quantitative estimate of drug-likeness (QED) is 0.672. The minimum absolute atomic E-state index is 0.0445. The number of aryl methyl sites for hydroxylation is 1. The molecular weight excluding hydrogens is 166 g/mol. The highest BCUT2D eigenvalue weighted by Gasteiger charge is 2.12. The van der Waals surface area contributed by atoms with E-state index in [9.17, 15) is 13.6 Å². The van der Waals surface area contributed by atoms with Crippen LogP contribution in [0.25, 0.3) is 0 Å². The van der Waals surface area contributed by atoms with Crippen LogP contribution in [0.15, 0.2) is 10.9 Å². The molecule has 1 aromatic rings. The lowest BCUT2D eigenvalue weighted by molar-refractivity contribution is 0.145. The number of hydrogen-bond donors (Lipinski definition) is 2. The van der Waals surface area contributed by atoms with Gasteiger partial charge in [-0.2, -0.15) is 0 Å². The van der Waals surface area contributed by atoms with Crippen molar-refractivity contribution in [3.8, 4) is 0 Å². The van der Waals surface area contributed by atoms with Gasteiger partial charge in [0, 0.05) is 0 Å². The smallest absolute Gasteiger partial charge is 0.278 e. The van der Waals surface area contributed by atoms with Crippen LogP contribution in [0.4, 0.5) is 14.5 Å². The largest absolute Gasteiger partial charge is 0.394 e. The third kappa shape index (κ3) is 1.44. The normalized spacial score (nSPS) is 10.7. The Labute approximate surface area is 67.2 Å². The summed E-state index contributed by atoms with van der Waals surface area (Å²) in [7, 11) is 0. The van der Waals surface area contributed by atoms with Crippen LogP contribution in [0.3, 0.4) is 0 Å². The van der Waals surface area contributed by atoms with Gasteiger partial charge in [-0.25, -0.2) is 8.78 Å². The lowest BCUT2D eigenvalue weighted by Gasteiger charge is -2.03. The van der Waals surface area contributed by atoms with E-state index in [-0.39, 0.29) is 11.4 Å². The van der Waals surface area contributed by atoms with E-state index in [4.69, 9.17) is 5.73 Å². The molecule has 0 atom stereocenters. The average molecular weight is 174 g/mol. The molecule has 0 amide bonds. The van der Waals surface area contributed by atoms with Crippen molar-refractivity contribution in [2.45, 2.75) is 13.3 Å². The van der Waals surface area contributed by atoms with Crippen molar-refractivity contribution in [1.29, 1.82) is 0 Å². The molecule has 0 radical (unpaired) electrons. The highest BCUT2D eigenvalue weighted by molar-refractivity contribution is 5.39. The van der Waals surface area contributed by atoms with E-state index in [1.54, 1.807) is 0 Å². The van der Waals surface area contributed by atoms with Gasteiger partial charge in [-0.3, -0.25) is 4.79 Å². The summed E-state index contributed by atoms with van der Waals surface area (Å²) in [5.74, 6) is 0. The number of alkyl halides is 2. The third-order valence-corrected chi connectivity index (χ3v) is 1.53. The van der Waals surface area contributed by atoms with Gasteiger partial charge in [0.05, 0.1) is 11.4 Å². The molecule has 66 valence electrons. The second-order valence-electron chi connectivity index (χ2n) is 2.45. The van der Waals surface area contributed by atoms with Gasteiger partial charge in [0.15, 0.2) is 0 Å². The summed E-state index contributed by atoms with van der Waals surface area (Å²) in [4.78, 5) is 12.8. The second-order valence-corrected chi connectivity index (χ2v) is 2.45. The van der Waals surface area contributed by atoms with Crippen molar-refractivity contribution in [3.05, 3.63) is 27.7 Å². The fraction of sp³-hybridized carbons (Fsp3) is 0.286. The predicted molar refractivity (Wildman–Crippen MR) is 41.2 cm³/mol. The Kier molecular flexibility index (Phi) is 2.12. The second kappa shape index (κ2) is 2.92. The molecule has 3 nitrogen and oxygen atoms in total. The van der Waals surface area contributed by atoms with Gasteiger partial charge < -0.3 is 10.7 Å². The maximum Gasteiger partial charge on any atom is 0.278 e. The molecule has 0 saturated heterocycles. The van der Waals surface area contributed by atoms with E-state index in [2.05, 4.69) is 0 Å².